The minimum atomic E-state index is -0.305. The van der Waals surface area contributed by atoms with Crippen LogP contribution in [0.15, 0.2) is 65.6 Å². The lowest BCUT2D eigenvalue weighted by molar-refractivity contribution is 0.0544. The number of hydrogen-bond acceptors (Lipinski definition) is 5. The summed E-state index contributed by atoms with van der Waals surface area (Å²) in [5, 5.41) is 7.88. The van der Waals surface area contributed by atoms with Gasteiger partial charge in [0.1, 0.15) is 10.8 Å². The molecule has 0 spiro atoms. The van der Waals surface area contributed by atoms with Crippen molar-refractivity contribution in [2.24, 2.45) is 0 Å². The first-order valence-corrected chi connectivity index (χ1v) is 10.7. The second kappa shape index (κ2) is 9.54. The molecule has 6 nitrogen and oxygen atoms in total. The highest BCUT2D eigenvalue weighted by Gasteiger charge is 2.34. The summed E-state index contributed by atoms with van der Waals surface area (Å²) < 4.78 is 12.3. The number of aromatic nitrogens is 2. The summed E-state index contributed by atoms with van der Waals surface area (Å²) in [5.41, 5.74) is 2.34. The Morgan fingerprint density at radius 2 is 1.84 bits per heavy atom. The monoisotopic (exact) mass is 439 g/mol. The first kappa shape index (κ1) is 21.4. The molecule has 0 aliphatic carbocycles. The van der Waals surface area contributed by atoms with Gasteiger partial charge in [-0.25, -0.2) is 4.68 Å². The number of halogens is 1. The van der Waals surface area contributed by atoms with Crippen LogP contribution in [-0.4, -0.2) is 36.6 Å². The maximum atomic E-state index is 12.8. The van der Waals surface area contributed by atoms with Crippen molar-refractivity contribution >= 4 is 17.3 Å². The molecule has 1 fully saturated rings. The molecule has 162 valence electrons. The molecule has 0 saturated carbocycles. The molecule has 1 saturated heterocycles. The molecule has 1 aliphatic rings. The maximum absolute atomic E-state index is 12.8. The third kappa shape index (κ3) is 4.75. The SMILES string of the molecule is COc1ccc(C2(CNc3cnn(Cc4ccccc4)c(=O)c3Cl)CCOCC2)cc1. The number of anilines is 1. The van der Waals surface area contributed by atoms with Crippen molar-refractivity contribution in [2.75, 3.05) is 32.2 Å². The predicted octanol–water partition coefficient (Wildman–Crippen LogP) is 4.11. The molecule has 0 unspecified atom stereocenters. The van der Waals surface area contributed by atoms with Crippen molar-refractivity contribution in [3.63, 3.8) is 0 Å². The molecule has 1 aromatic heterocycles. The summed E-state index contributed by atoms with van der Waals surface area (Å²) in [6.45, 7) is 2.40. The molecule has 3 aromatic rings. The molecule has 1 N–H and O–H groups in total. The highest BCUT2D eigenvalue weighted by molar-refractivity contribution is 6.32. The maximum Gasteiger partial charge on any atom is 0.287 e. The van der Waals surface area contributed by atoms with Gasteiger partial charge in [-0.1, -0.05) is 54.1 Å². The van der Waals surface area contributed by atoms with E-state index in [1.807, 2.05) is 42.5 Å². The number of nitrogens with zero attached hydrogens (tertiary/aromatic N) is 2. The first-order valence-electron chi connectivity index (χ1n) is 10.4. The Labute approximate surface area is 186 Å². The van der Waals surface area contributed by atoms with Crippen molar-refractivity contribution in [1.29, 1.82) is 0 Å². The van der Waals surface area contributed by atoms with Crippen LogP contribution in [-0.2, 0) is 16.7 Å². The van der Waals surface area contributed by atoms with Gasteiger partial charge in [-0.3, -0.25) is 4.79 Å². The van der Waals surface area contributed by atoms with Gasteiger partial charge in [0, 0.05) is 25.2 Å². The van der Waals surface area contributed by atoms with Crippen LogP contribution in [0, 0.1) is 0 Å². The highest BCUT2D eigenvalue weighted by Crippen LogP contribution is 2.36. The van der Waals surface area contributed by atoms with Crippen molar-refractivity contribution in [3.8, 4) is 5.75 Å². The summed E-state index contributed by atoms with van der Waals surface area (Å²) in [7, 11) is 1.66. The van der Waals surface area contributed by atoms with E-state index in [9.17, 15) is 4.79 Å². The van der Waals surface area contributed by atoms with Gasteiger partial charge >= 0.3 is 0 Å². The second-order valence-electron chi connectivity index (χ2n) is 7.80. The Bertz CT molecular complexity index is 1060. The predicted molar refractivity (Wildman–Crippen MR) is 122 cm³/mol. The van der Waals surface area contributed by atoms with Crippen LogP contribution in [0.3, 0.4) is 0 Å². The summed E-state index contributed by atoms with van der Waals surface area (Å²) in [5.74, 6) is 0.827. The minimum absolute atomic E-state index is 0.118. The molecule has 0 bridgehead atoms. The Kier molecular flexibility index (Phi) is 6.59. The fourth-order valence-corrected chi connectivity index (χ4v) is 4.21. The normalized spacial score (nSPS) is 15.4. The molecule has 0 amide bonds. The third-order valence-electron chi connectivity index (χ3n) is 5.93. The van der Waals surface area contributed by atoms with Crippen LogP contribution < -0.4 is 15.6 Å². The molecular weight excluding hydrogens is 414 g/mol. The quantitative estimate of drug-likeness (QED) is 0.600. The largest absolute Gasteiger partial charge is 0.497 e. The molecule has 31 heavy (non-hydrogen) atoms. The number of hydrogen-bond donors (Lipinski definition) is 1. The molecule has 7 heteroatoms. The van der Waals surface area contributed by atoms with E-state index >= 15 is 0 Å². The van der Waals surface area contributed by atoms with Crippen molar-refractivity contribution in [2.45, 2.75) is 24.8 Å². The van der Waals surface area contributed by atoms with Gasteiger partial charge in [0.2, 0.25) is 0 Å². The number of nitrogens with one attached hydrogen (secondary N) is 1. The van der Waals surface area contributed by atoms with E-state index < -0.39 is 0 Å². The topological polar surface area (TPSA) is 65.4 Å². The summed E-state index contributed by atoms with van der Waals surface area (Å²) >= 11 is 6.44. The van der Waals surface area contributed by atoms with Crippen molar-refractivity contribution in [1.82, 2.24) is 9.78 Å². The molecule has 2 aromatic carbocycles. The summed E-state index contributed by atoms with van der Waals surface area (Å²) in [6.07, 6.45) is 3.39. The minimum Gasteiger partial charge on any atom is -0.497 e. The molecule has 4 rings (SSSR count). The van der Waals surface area contributed by atoms with Crippen LogP contribution in [0.2, 0.25) is 5.02 Å². The van der Waals surface area contributed by atoms with Crippen LogP contribution in [0.4, 0.5) is 5.69 Å². The summed E-state index contributed by atoms with van der Waals surface area (Å²) in [4.78, 5) is 12.8. The molecule has 0 atom stereocenters. The Hall–Kier alpha value is -2.83. The van der Waals surface area contributed by atoms with E-state index in [2.05, 4.69) is 22.5 Å². The zero-order valence-electron chi connectivity index (χ0n) is 17.5. The average molecular weight is 440 g/mol. The van der Waals surface area contributed by atoms with Gasteiger partial charge in [0.15, 0.2) is 0 Å². The van der Waals surface area contributed by atoms with E-state index in [1.54, 1.807) is 13.3 Å². The lowest BCUT2D eigenvalue weighted by atomic mass is 9.74. The zero-order chi connectivity index (χ0) is 21.7. The van der Waals surface area contributed by atoms with Gasteiger partial charge in [-0.05, 0) is 36.1 Å². The van der Waals surface area contributed by atoms with Gasteiger partial charge in [0.25, 0.3) is 5.56 Å². The molecule has 2 heterocycles. The molecule has 1 aliphatic heterocycles. The van der Waals surface area contributed by atoms with Crippen LogP contribution >= 0.6 is 11.6 Å². The lowest BCUT2D eigenvalue weighted by Crippen LogP contribution is -2.40. The smallest absolute Gasteiger partial charge is 0.287 e. The van der Waals surface area contributed by atoms with Gasteiger partial charge in [0.05, 0.1) is 25.5 Å². The van der Waals surface area contributed by atoms with Gasteiger partial charge in [-0.2, -0.15) is 5.10 Å². The lowest BCUT2D eigenvalue weighted by Gasteiger charge is -2.38. The number of ether oxygens (including phenoxy) is 2. The molecular formula is C24H26ClN3O3. The van der Waals surface area contributed by atoms with Gasteiger partial charge in [-0.15, -0.1) is 0 Å². The number of benzene rings is 2. The average Bonchev–Trinajstić information content (AvgIpc) is 2.83. The molecule has 0 radical (unpaired) electrons. The Morgan fingerprint density at radius 1 is 1.13 bits per heavy atom. The van der Waals surface area contributed by atoms with Crippen molar-refractivity contribution in [3.05, 3.63) is 87.3 Å². The first-order chi connectivity index (χ1) is 15.1. The zero-order valence-corrected chi connectivity index (χ0v) is 18.3. The van der Waals surface area contributed by atoms with Gasteiger partial charge < -0.3 is 14.8 Å². The van der Waals surface area contributed by atoms with E-state index in [-0.39, 0.29) is 16.0 Å². The standard InChI is InChI=1S/C24H26ClN3O3/c1-30-20-9-7-19(8-10-20)24(11-13-31-14-12-24)17-26-21-15-27-28(23(29)22(21)25)16-18-5-3-2-4-6-18/h2-10,15,26H,11-14,16-17H2,1H3. The fraction of sp³-hybridized carbons (Fsp3) is 0.333. The van der Waals surface area contributed by atoms with E-state index in [0.717, 1.165) is 24.2 Å². The highest BCUT2D eigenvalue weighted by atomic mass is 35.5. The second-order valence-corrected chi connectivity index (χ2v) is 8.17. The van der Waals surface area contributed by atoms with Crippen molar-refractivity contribution < 1.29 is 9.47 Å². The Morgan fingerprint density at radius 3 is 2.52 bits per heavy atom. The van der Waals surface area contributed by atoms with E-state index in [0.29, 0.717) is 32.0 Å². The fourth-order valence-electron chi connectivity index (χ4n) is 4.00. The van der Waals surface area contributed by atoms with Crippen LogP contribution in [0.25, 0.3) is 0 Å². The van der Waals surface area contributed by atoms with Crippen LogP contribution in [0.1, 0.15) is 24.0 Å². The number of rotatable bonds is 7. The van der Waals surface area contributed by atoms with E-state index in [4.69, 9.17) is 21.1 Å². The van der Waals surface area contributed by atoms with Crippen LogP contribution in [0.5, 0.6) is 5.75 Å². The summed E-state index contributed by atoms with van der Waals surface area (Å²) in [6, 6.07) is 17.9. The van der Waals surface area contributed by atoms with E-state index in [1.165, 1.54) is 10.2 Å². The third-order valence-corrected chi connectivity index (χ3v) is 6.29. The Balaban J connectivity index is 1.54. The number of methoxy groups -OCH3 is 1.